The summed E-state index contributed by atoms with van der Waals surface area (Å²) in [4.78, 5) is 11.8. The van der Waals surface area contributed by atoms with Gasteiger partial charge in [-0.2, -0.15) is 5.10 Å². The molecule has 1 aliphatic carbocycles. The highest BCUT2D eigenvalue weighted by Crippen LogP contribution is 2.33. The molecule has 0 N–H and O–H groups in total. The molecule has 0 saturated carbocycles. The third-order valence-corrected chi connectivity index (χ3v) is 3.77. The lowest BCUT2D eigenvalue weighted by Gasteiger charge is -2.07. The van der Waals surface area contributed by atoms with Crippen molar-refractivity contribution in [1.29, 1.82) is 0 Å². The van der Waals surface area contributed by atoms with Gasteiger partial charge in [-0.1, -0.05) is 18.2 Å². The van der Waals surface area contributed by atoms with Crippen LogP contribution in [0.2, 0.25) is 0 Å². The van der Waals surface area contributed by atoms with Crippen LogP contribution in [0.3, 0.4) is 0 Å². The molecule has 3 heteroatoms. The molecule has 18 heavy (non-hydrogen) atoms. The van der Waals surface area contributed by atoms with Crippen LogP contribution in [0.4, 0.5) is 0 Å². The van der Waals surface area contributed by atoms with Crippen molar-refractivity contribution in [3.05, 3.63) is 41.2 Å². The Balaban J connectivity index is 2.18. The zero-order valence-corrected chi connectivity index (χ0v) is 10.7. The van der Waals surface area contributed by atoms with E-state index in [-0.39, 0.29) is 5.78 Å². The van der Waals surface area contributed by atoms with Crippen LogP contribution in [0.1, 0.15) is 35.0 Å². The van der Waals surface area contributed by atoms with Crippen molar-refractivity contribution in [3.63, 3.8) is 0 Å². The minimum atomic E-state index is 0.271. The second-order valence-corrected chi connectivity index (χ2v) is 4.71. The van der Waals surface area contributed by atoms with Crippen molar-refractivity contribution < 1.29 is 4.79 Å². The summed E-state index contributed by atoms with van der Waals surface area (Å²) in [6, 6.07) is 6.01. The maximum Gasteiger partial charge on any atom is 0.163 e. The minimum absolute atomic E-state index is 0.271. The van der Waals surface area contributed by atoms with E-state index in [1.165, 1.54) is 16.8 Å². The third-order valence-electron chi connectivity index (χ3n) is 3.77. The Hall–Kier alpha value is -1.90. The zero-order valence-electron chi connectivity index (χ0n) is 10.7. The normalized spacial score (nSPS) is 14.0. The van der Waals surface area contributed by atoms with E-state index in [1.54, 1.807) is 0 Å². The summed E-state index contributed by atoms with van der Waals surface area (Å²) in [5.74, 6) is 0.271. The molecule has 0 unspecified atom stereocenters. The van der Waals surface area contributed by atoms with Crippen LogP contribution in [-0.4, -0.2) is 15.6 Å². The molecule has 1 aromatic carbocycles. The van der Waals surface area contributed by atoms with E-state index in [4.69, 9.17) is 0 Å². The standard InChI is InChI=1S/C15H16N2O/c1-3-17-10(2)14(9-16-17)11-5-4-6-13-12(11)7-8-15(13)18/h4-6,9H,3,7-8H2,1-2H3. The van der Waals surface area contributed by atoms with Crippen LogP contribution in [-0.2, 0) is 13.0 Å². The number of aryl methyl sites for hydroxylation is 1. The summed E-state index contributed by atoms with van der Waals surface area (Å²) in [6.07, 6.45) is 3.42. The highest BCUT2D eigenvalue weighted by molar-refractivity contribution is 6.02. The van der Waals surface area contributed by atoms with Crippen LogP contribution in [0.5, 0.6) is 0 Å². The zero-order chi connectivity index (χ0) is 12.7. The van der Waals surface area contributed by atoms with Gasteiger partial charge in [-0.3, -0.25) is 9.48 Å². The maximum absolute atomic E-state index is 11.8. The molecule has 0 saturated heterocycles. The lowest BCUT2D eigenvalue weighted by atomic mass is 9.97. The van der Waals surface area contributed by atoms with Gasteiger partial charge in [0.2, 0.25) is 0 Å². The van der Waals surface area contributed by atoms with Gasteiger partial charge in [0.15, 0.2) is 5.78 Å². The Morgan fingerprint density at radius 2 is 2.00 bits per heavy atom. The smallest absolute Gasteiger partial charge is 0.163 e. The van der Waals surface area contributed by atoms with E-state index in [0.29, 0.717) is 6.42 Å². The van der Waals surface area contributed by atoms with Crippen LogP contribution in [0.15, 0.2) is 24.4 Å². The lowest BCUT2D eigenvalue weighted by molar-refractivity contribution is 0.0994. The van der Waals surface area contributed by atoms with Crippen molar-refractivity contribution in [2.24, 2.45) is 0 Å². The van der Waals surface area contributed by atoms with E-state index in [0.717, 1.165) is 24.1 Å². The van der Waals surface area contributed by atoms with Crippen LogP contribution in [0.25, 0.3) is 11.1 Å². The number of hydrogen-bond donors (Lipinski definition) is 0. The maximum atomic E-state index is 11.8. The molecule has 0 amide bonds. The molecule has 0 bridgehead atoms. The van der Waals surface area contributed by atoms with Crippen molar-refractivity contribution in [3.8, 4) is 11.1 Å². The first-order valence-electron chi connectivity index (χ1n) is 6.40. The molecule has 1 aliphatic rings. The monoisotopic (exact) mass is 240 g/mol. The minimum Gasteiger partial charge on any atom is -0.294 e. The van der Waals surface area contributed by atoms with Gasteiger partial charge in [-0.25, -0.2) is 0 Å². The molecule has 3 nitrogen and oxygen atoms in total. The Morgan fingerprint density at radius 3 is 2.72 bits per heavy atom. The van der Waals surface area contributed by atoms with Gasteiger partial charge < -0.3 is 0 Å². The average molecular weight is 240 g/mol. The fraction of sp³-hybridized carbons (Fsp3) is 0.333. The Labute approximate surface area is 106 Å². The van der Waals surface area contributed by atoms with Crippen molar-refractivity contribution in [2.45, 2.75) is 33.2 Å². The third kappa shape index (κ3) is 1.50. The van der Waals surface area contributed by atoms with Gasteiger partial charge in [-0.15, -0.1) is 0 Å². The number of carbonyl (C=O) groups excluding carboxylic acids is 1. The quantitative estimate of drug-likeness (QED) is 0.808. The SMILES string of the molecule is CCn1ncc(-c2cccc3c2CCC3=O)c1C. The number of benzene rings is 1. The fourth-order valence-corrected chi connectivity index (χ4v) is 2.77. The number of ketones is 1. The first-order chi connectivity index (χ1) is 8.72. The van der Waals surface area contributed by atoms with Crippen LogP contribution in [0, 0.1) is 6.92 Å². The molecule has 1 aromatic heterocycles. The number of Topliss-reactive ketones (excluding diaryl/α,β-unsaturated/α-hetero) is 1. The Morgan fingerprint density at radius 1 is 1.22 bits per heavy atom. The summed E-state index contributed by atoms with van der Waals surface area (Å²) in [5, 5.41) is 4.39. The number of fused-ring (bicyclic) bond motifs is 1. The number of carbonyl (C=O) groups is 1. The second kappa shape index (κ2) is 4.09. The molecular weight excluding hydrogens is 224 g/mol. The first-order valence-corrected chi connectivity index (χ1v) is 6.40. The molecule has 3 rings (SSSR count). The summed E-state index contributed by atoms with van der Waals surface area (Å²) < 4.78 is 1.99. The highest BCUT2D eigenvalue weighted by atomic mass is 16.1. The molecule has 0 fully saturated rings. The van der Waals surface area contributed by atoms with Crippen molar-refractivity contribution in [2.75, 3.05) is 0 Å². The van der Waals surface area contributed by atoms with Gasteiger partial charge in [-0.05, 0) is 31.4 Å². The van der Waals surface area contributed by atoms with E-state index >= 15 is 0 Å². The molecule has 0 atom stereocenters. The molecule has 2 aromatic rings. The van der Waals surface area contributed by atoms with Crippen molar-refractivity contribution in [1.82, 2.24) is 9.78 Å². The number of aromatic nitrogens is 2. The predicted molar refractivity (Wildman–Crippen MR) is 70.7 cm³/mol. The van der Waals surface area contributed by atoms with E-state index < -0.39 is 0 Å². The molecule has 1 heterocycles. The molecular formula is C15H16N2O. The van der Waals surface area contributed by atoms with Crippen LogP contribution < -0.4 is 0 Å². The number of nitrogens with zero attached hydrogens (tertiary/aromatic N) is 2. The Kier molecular flexibility index (Phi) is 2.54. The van der Waals surface area contributed by atoms with Gasteiger partial charge >= 0.3 is 0 Å². The summed E-state index contributed by atoms with van der Waals surface area (Å²) >= 11 is 0. The van der Waals surface area contributed by atoms with Gasteiger partial charge in [0.05, 0.1) is 6.20 Å². The van der Waals surface area contributed by atoms with Crippen LogP contribution >= 0.6 is 0 Å². The number of hydrogen-bond acceptors (Lipinski definition) is 2. The average Bonchev–Trinajstić information content (AvgIpc) is 2.93. The second-order valence-electron chi connectivity index (χ2n) is 4.71. The van der Waals surface area contributed by atoms with Gasteiger partial charge in [0.25, 0.3) is 0 Å². The molecule has 92 valence electrons. The van der Waals surface area contributed by atoms with Gasteiger partial charge in [0.1, 0.15) is 0 Å². The lowest BCUT2D eigenvalue weighted by Crippen LogP contribution is -1.99. The van der Waals surface area contributed by atoms with E-state index in [9.17, 15) is 4.79 Å². The molecule has 0 radical (unpaired) electrons. The van der Waals surface area contributed by atoms with Crippen molar-refractivity contribution >= 4 is 5.78 Å². The molecule has 0 spiro atoms. The highest BCUT2D eigenvalue weighted by Gasteiger charge is 2.23. The Bertz CT molecular complexity index is 625. The molecule has 0 aliphatic heterocycles. The van der Waals surface area contributed by atoms with E-state index in [1.807, 2.05) is 23.0 Å². The summed E-state index contributed by atoms with van der Waals surface area (Å²) in [7, 11) is 0. The number of rotatable bonds is 2. The fourth-order valence-electron chi connectivity index (χ4n) is 2.77. The summed E-state index contributed by atoms with van der Waals surface area (Å²) in [5.41, 5.74) is 5.60. The summed E-state index contributed by atoms with van der Waals surface area (Å²) in [6.45, 7) is 5.05. The van der Waals surface area contributed by atoms with E-state index in [2.05, 4.69) is 25.0 Å². The topological polar surface area (TPSA) is 34.9 Å². The first kappa shape index (κ1) is 11.2. The largest absolute Gasteiger partial charge is 0.294 e. The predicted octanol–water partition coefficient (Wildman–Crippen LogP) is 3.01. The van der Waals surface area contributed by atoms with Gasteiger partial charge in [0, 0.05) is 29.8 Å².